The number of aromatic amines is 1. The molecule has 3 amide bonds. The Morgan fingerprint density at radius 3 is 2.16 bits per heavy atom. The first-order valence-corrected chi connectivity index (χ1v) is 23.3. The topological polar surface area (TPSA) is 209 Å². The van der Waals surface area contributed by atoms with Crippen LogP contribution in [0.15, 0.2) is 133 Å². The van der Waals surface area contributed by atoms with Crippen molar-refractivity contribution in [1.29, 1.82) is 0 Å². The van der Waals surface area contributed by atoms with Gasteiger partial charge in [0.2, 0.25) is 17.7 Å². The van der Waals surface area contributed by atoms with Crippen LogP contribution >= 0.6 is 0 Å². The first kappa shape index (κ1) is 51.0. The molecular formula is C52H67N9O6. The van der Waals surface area contributed by atoms with Crippen LogP contribution in [-0.4, -0.2) is 83.4 Å². The molecule has 0 unspecified atom stereocenters. The van der Waals surface area contributed by atoms with Gasteiger partial charge in [0.15, 0.2) is 5.03 Å². The van der Waals surface area contributed by atoms with E-state index in [1.807, 2.05) is 109 Å². The summed E-state index contributed by atoms with van der Waals surface area (Å²) in [4.78, 5) is 59.8. The second-order valence-electron chi connectivity index (χ2n) is 17.0. The lowest BCUT2D eigenvalue weighted by molar-refractivity contribution is -0.485. The number of hydrazone groups is 1. The van der Waals surface area contributed by atoms with Gasteiger partial charge in [0.1, 0.15) is 29.5 Å². The number of hydrogen-bond acceptors (Lipinski definition) is 7. The minimum Gasteiger partial charge on any atom is -0.489 e. The van der Waals surface area contributed by atoms with Crippen molar-refractivity contribution in [2.24, 2.45) is 16.8 Å². The predicted octanol–water partition coefficient (Wildman–Crippen LogP) is 6.81. The quantitative estimate of drug-likeness (QED) is 0.00743. The van der Waals surface area contributed by atoms with Gasteiger partial charge < -0.3 is 41.6 Å². The van der Waals surface area contributed by atoms with E-state index in [0.29, 0.717) is 44.6 Å². The highest BCUT2D eigenvalue weighted by molar-refractivity contribution is 5.93. The standard InChI is InChI=1S/C52H67N9O6/c1-4-6-7-16-31-60(3)36-43(34-42-35-55-46-24-15-14-23-45(42)46)56-50(63)47(25-17-30-54-52(53)59-61(65)66)57-51(64)48(33-38-19-10-8-11-20-38)58-49(62)41(18-5-2)32-39-26-28-44(29-27-39)67-37-40-21-12-9-13-22-40/h5,8-15,19-24,26-29,35,41,43,47-48,55H,2,4,6-7,16-18,25,30-34,36-37H2,1,3H3,(H,56,63)(H,57,64)(H,58,62)(H3,53,54,59)/t41-,43-,47-,48+/m0/s1. The fourth-order valence-corrected chi connectivity index (χ4v) is 8.07. The number of likely N-dealkylation sites (N-methyl/N-ethyl adjacent to an activating group) is 1. The van der Waals surface area contributed by atoms with E-state index in [9.17, 15) is 24.5 Å². The Kier molecular flexibility index (Phi) is 20.9. The monoisotopic (exact) mass is 914 g/mol. The van der Waals surface area contributed by atoms with Crippen LogP contribution in [0.3, 0.4) is 0 Å². The van der Waals surface area contributed by atoms with Crippen LogP contribution < -0.4 is 31.7 Å². The van der Waals surface area contributed by atoms with E-state index in [-0.39, 0.29) is 37.3 Å². The van der Waals surface area contributed by atoms with Crippen molar-refractivity contribution in [3.63, 3.8) is 0 Å². The highest BCUT2D eigenvalue weighted by Crippen LogP contribution is 2.21. The average Bonchev–Trinajstić information content (AvgIpc) is 3.73. The van der Waals surface area contributed by atoms with Crippen LogP contribution in [0, 0.1) is 16.0 Å². The SMILES string of the molecule is C=CC[C@@H](Cc1ccc(OCc2ccccc2)cc1)C(=O)N[C@H](Cc1ccccc1)C(=O)N[C@@H](CCCN/C(N)=N/[N+](=O)[O-])C(=O)N[C@@H](Cc1c[nH]c2ccccc12)CN(C)CCCCCC. The zero-order chi connectivity index (χ0) is 47.8. The number of fused-ring (bicyclic) bond motifs is 1. The minimum absolute atomic E-state index is 0.148. The molecule has 0 fully saturated rings. The molecule has 15 heteroatoms. The molecule has 1 heterocycles. The van der Waals surface area contributed by atoms with Crippen LogP contribution in [0.25, 0.3) is 10.9 Å². The van der Waals surface area contributed by atoms with Gasteiger partial charge in [-0.2, -0.15) is 0 Å². The molecule has 5 rings (SSSR count). The molecule has 0 spiro atoms. The van der Waals surface area contributed by atoms with Crippen molar-refractivity contribution >= 4 is 34.6 Å². The van der Waals surface area contributed by atoms with Gasteiger partial charge in [0.25, 0.3) is 5.96 Å². The van der Waals surface area contributed by atoms with E-state index >= 15 is 0 Å². The number of para-hydroxylation sites is 1. The summed E-state index contributed by atoms with van der Waals surface area (Å²) in [7, 11) is 2.05. The highest BCUT2D eigenvalue weighted by Gasteiger charge is 2.30. The maximum Gasteiger partial charge on any atom is 0.266 e. The number of rotatable bonds is 29. The molecule has 0 aliphatic rings. The fourth-order valence-electron chi connectivity index (χ4n) is 8.07. The van der Waals surface area contributed by atoms with Crippen molar-refractivity contribution in [3.8, 4) is 5.75 Å². The van der Waals surface area contributed by atoms with E-state index in [0.717, 1.165) is 65.4 Å². The zero-order valence-corrected chi connectivity index (χ0v) is 38.8. The van der Waals surface area contributed by atoms with E-state index < -0.39 is 34.8 Å². The van der Waals surface area contributed by atoms with E-state index in [4.69, 9.17) is 10.5 Å². The van der Waals surface area contributed by atoms with Crippen LogP contribution in [0.5, 0.6) is 5.75 Å². The maximum atomic E-state index is 14.6. The van der Waals surface area contributed by atoms with E-state index in [2.05, 4.69) is 62.9 Å². The molecule has 356 valence electrons. The van der Waals surface area contributed by atoms with Gasteiger partial charge in [-0.25, -0.2) is 10.1 Å². The van der Waals surface area contributed by atoms with E-state index in [1.54, 1.807) is 6.08 Å². The third-order valence-corrected chi connectivity index (χ3v) is 11.6. The Hall–Kier alpha value is -7.00. The highest BCUT2D eigenvalue weighted by atomic mass is 16.7. The number of nitrogens with zero attached hydrogens (tertiary/aromatic N) is 3. The van der Waals surface area contributed by atoms with E-state index in [1.165, 1.54) is 0 Å². The van der Waals surface area contributed by atoms with Crippen molar-refractivity contribution in [2.75, 3.05) is 26.7 Å². The molecule has 15 nitrogen and oxygen atoms in total. The second kappa shape index (κ2) is 27.5. The molecule has 5 aromatic rings. The lowest BCUT2D eigenvalue weighted by Crippen LogP contribution is -2.57. The summed E-state index contributed by atoms with van der Waals surface area (Å²) in [5, 5.41) is 26.2. The number of H-pyrrole nitrogens is 1. The molecule has 4 atom stereocenters. The molecule has 0 aliphatic heterocycles. The Balaban J connectivity index is 1.34. The van der Waals surface area contributed by atoms with Gasteiger partial charge in [0, 0.05) is 48.6 Å². The van der Waals surface area contributed by atoms with Gasteiger partial charge in [-0.05, 0) is 92.6 Å². The first-order chi connectivity index (χ1) is 32.5. The van der Waals surface area contributed by atoms with Crippen LogP contribution in [-0.2, 0) is 40.3 Å². The van der Waals surface area contributed by atoms with Gasteiger partial charge in [-0.3, -0.25) is 14.4 Å². The Morgan fingerprint density at radius 2 is 1.46 bits per heavy atom. The zero-order valence-electron chi connectivity index (χ0n) is 38.8. The Bertz CT molecular complexity index is 2340. The number of carbonyl (C=O) groups is 3. The van der Waals surface area contributed by atoms with Crippen molar-refractivity contribution in [3.05, 3.63) is 160 Å². The molecule has 4 aromatic carbocycles. The minimum atomic E-state index is -1.04. The number of allylic oxidation sites excluding steroid dienone is 1. The van der Waals surface area contributed by atoms with Crippen molar-refractivity contribution in [1.82, 2.24) is 31.2 Å². The maximum absolute atomic E-state index is 14.6. The molecule has 1 aromatic heterocycles. The van der Waals surface area contributed by atoms with Gasteiger partial charge in [-0.1, -0.05) is 123 Å². The summed E-state index contributed by atoms with van der Waals surface area (Å²) in [6.45, 7) is 8.10. The summed E-state index contributed by atoms with van der Waals surface area (Å²) in [5.74, 6) is -1.46. The third-order valence-electron chi connectivity index (χ3n) is 11.6. The summed E-state index contributed by atoms with van der Waals surface area (Å²) in [5.41, 5.74) is 10.5. The molecule has 0 bridgehead atoms. The van der Waals surface area contributed by atoms with Gasteiger partial charge in [0.05, 0.1) is 0 Å². The summed E-state index contributed by atoms with van der Waals surface area (Å²) in [6, 6.07) is 32.5. The molecule has 7 N–H and O–H groups in total. The average molecular weight is 914 g/mol. The fraction of sp³-hybridized carbons (Fsp3) is 0.385. The van der Waals surface area contributed by atoms with Gasteiger partial charge >= 0.3 is 0 Å². The number of nitro groups is 1. The molecule has 0 saturated heterocycles. The van der Waals surface area contributed by atoms with Crippen LogP contribution in [0.4, 0.5) is 0 Å². The van der Waals surface area contributed by atoms with Crippen molar-refractivity contribution in [2.45, 2.75) is 95.9 Å². The third kappa shape index (κ3) is 17.7. The predicted molar refractivity (Wildman–Crippen MR) is 265 cm³/mol. The smallest absolute Gasteiger partial charge is 0.266 e. The lowest BCUT2D eigenvalue weighted by Gasteiger charge is -2.29. The van der Waals surface area contributed by atoms with Crippen LogP contribution in [0.2, 0.25) is 0 Å². The summed E-state index contributed by atoms with van der Waals surface area (Å²) in [6.07, 6.45) is 10.0. The number of ether oxygens (including phenoxy) is 1. The number of carbonyl (C=O) groups excluding carboxylic acids is 3. The normalized spacial score (nSPS) is 13.3. The summed E-state index contributed by atoms with van der Waals surface area (Å²) >= 11 is 0. The Morgan fingerprint density at radius 1 is 0.806 bits per heavy atom. The molecule has 67 heavy (non-hydrogen) atoms. The molecular weight excluding hydrogens is 847 g/mol. The molecule has 0 aliphatic carbocycles. The Labute approximate surface area is 394 Å². The number of benzene rings is 4. The largest absolute Gasteiger partial charge is 0.489 e. The number of hydrogen-bond donors (Lipinski definition) is 6. The second-order valence-corrected chi connectivity index (χ2v) is 17.0. The van der Waals surface area contributed by atoms with Crippen LogP contribution in [0.1, 0.15) is 74.1 Å². The lowest BCUT2D eigenvalue weighted by atomic mass is 9.94. The first-order valence-electron chi connectivity index (χ1n) is 23.3. The number of amides is 3. The summed E-state index contributed by atoms with van der Waals surface area (Å²) < 4.78 is 5.97. The number of nitrogens with two attached hydrogens (primary N) is 1. The number of aromatic nitrogens is 1. The van der Waals surface area contributed by atoms with Crippen molar-refractivity contribution < 1.29 is 24.2 Å². The molecule has 0 saturated carbocycles. The number of nitrogens with one attached hydrogen (secondary N) is 5. The molecule has 0 radical (unpaired) electrons. The number of guanidine groups is 1. The van der Waals surface area contributed by atoms with Gasteiger partial charge in [-0.15, -0.1) is 6.58 Å². The number of unbranched alkanes of at least 4 members (excludes halogenated alkanes) is 3.